The zero-order valence-corrected chi connectivity index (χ0v) is 52.0. The third kappa shape index (κ3) is 13.5. The van der Waals surface area contributed by atoms with Gasteiger partial charge in [0.1, 0.15) is 17.5 Å². The van der Waals surface area contributed by atoms with E-state index in [0.717, 1.165) is 46.2 Å². The SMILES string of the molecule is Cc1cc2c(cc1Cc1nc3c(N)nc(F)nc3n1CCNC(=O)C(C)(C)C)OCO2.Cc1cc2c(cc1Cc1nc3c(N)nc(F)nc3n1CCNC(=O)C1CC1)OCO2.Cc1cc2c(cc1Cc1nc3c(N)nc(F)nc3n1CCNS(=O)(=O)C1CC1)OCO2. The normalized spacial score (nSPS) is 14.6. The molecule has 6 aromatic heterocycles. The zero-order chi connectivity index (χ0) is 64.9. The standard InChI is InChI=1S/C21H25FN6O3.C20H21FN6O3.C19H21FN6O4S/c1-11-7-13-14(31-10-30-13)8-12(11)9-15-25-16-17(23)26-20(22)27-18(16)28(15)6-5-24-19(29)21(2,3)4;1-10-6-13-14(30-9-29-13)7-12(10)8-15-24-16-17(22)25-20(21)26-18(16)27(15)5-4-23-19(28)11-2-3-11;1-10-6-13-14(30-9-29-13)7-11(10)8-15-23-16-17(21)24-19(20)25-18(16)26(15)5-4-22-31(27,28)12-2-3-12/h7-8H,5-6,9-10H2,1-4H3,(H,24,29)(H2,23,26,27);6-7,11H,2-5,8-9H2,1H3,(H,23,28)(H2,22,25,26);6-7,12,22H,2-5,8-9H2,1H3,(H2,21,24,25). The average Bonchev–Trinajstić information content (AvgIpc) is 1.65. The molecule has 0 unspecified atom stereocenters. The fourth-order valence-electron chi connectivity index (χ4n) is 10.7. The fourth-order valence-corrected chi connectivity index (χ4v) is 12.1. The molecule has 3 aliphatic heterocycles. The molecule has 9 N–H and O–H groups in total. The van der Waals surface area contributed by atoms with Crippen molar-refractivity contribution in [1.82, 2.24) is 73.9 Å². The number of aromatic nitrogens is 12. The minimum atomic E-state index is -3.34. The van der Waals surface area contributed by atoms with E-state index in [-0.39, 0.29) is 85.1 Å². The third-order valence-corrected chi connectivity index (χ3v) is 18.0. The third-order valence-electron chi connectivity index (χ3n) is 16.0. The highest BCUT2D eigenvalue weighted by Crippen LogP contribution is 2.39. The summed E-state index contributed by atoms with van der Waals surface area (Å²) in [6.45, 7) is 13.8. The lowest BCUT2D eigenvalue weighted by Gasteiger charge is -2.18. The van der Waals surface area contributed by atoms with Crippen molar-refractivity contribution in [2.45, 2.75) is 111 Å². The molecule has 9 aromatic rings. The minimum Gasteiger partial charge on any atom is -0.454 e. The van der Waals surface area contributed by atoms with Crippen LogP contribution in [-0.2, 0) is 58.5 Å². The molecular weight excluding hydrogens is 1220 g/mol. The van der Waals surface area contributed by atoms with E-state index in [0.29, 0.717) is 133 Å². The number of nitrogens with two attached hydrogens (primary N) is 3. The predicted octanol–water partition coefficient (Wildman–Crippen LogP) is 5.30. The zero-order valence-electron chi connectivity index (χ0n) is 51.2. The molecule has 0 saturated heterocycles. The Hall–Kier alpha value is -9.85. The van der Waals surface area contributed by atoms with E-state index < -0.39 is 33.7 Å². The summed E-state index contributed by atoms with van der Waals surface area (Å²) in [7, 11) is -3.34. The van der Waals surface area contributed by atoms with Crippen molar-refractivity contribution in [1.29, 1.82) is 0 Å². The van der Waals surface area contributed by atoms with Crippen LogP contribution in [0.4, 0.5) is 30.6 Å². The number of anilines is 3. The first-order valence-corrected chi connectivity index (χ1v) is 31.3. The quantitative estimate of drug-likeness (QED) is 0.0594. The van der Waals surface area contributed by atoms with Crippen LogP contribution in [0.15, 0.2) is 36.4 Å². The van der Waals surface area contributed by atoms with Gasteiger partial charge in [0.2, 0.25) is 42.2 Å². The molecular formula is C60H67F3N18O10S. The first-order valence-electron chi connectivity index (χ1n) is 29.7. The maximum absolute atomic E-state index is 13.9. The molecule has 0 atom stereocenters. The van der Waals surface area contributed by atoms with Crippen LogP contribution in [0.2, 0.25) is 0 Å². The largest absolute Gasteiger partial charge is 0.454 e. The van der Waals surface area contributed by atoms with Gasteiger partial charge in [-0.3, -0.25) is 9.59 Å². The van der Waals surface area contributed by atoms with Crippen LogP contribution in [0.1, 0.15) is 97.3 Å². The van der Waals surface area contributed by atoms with Crippen molar-refractivity contribution < 1.29 is 59.6 Å². The highest BCUT2D eigenvalue weighted by Gasteiger charge is 2.36. The van der Waals surface area contributed by atoms with Gasteiger partial charge in [0.05, 0.1) is 5.25 Å². The molecule has 5 aliphatic rings. The lowest BCUT2D eigenvalue weighted by Crippen LogP contribution is -2.36. The molecule has 2 saturated carbocycles. The second kappa shape index (κ2) is 25.1. The number of sulfonamides is 1. The van der Waals surface area contributed by atoms with E-state index in [1.165, 1.54) is 0 Å². The van der Waals surface area contributed by atoms with Gasteiger partial charge >= 0.3 is 18.2 Å². The first-order chi connectivity index (χ1) is 43.9. The number of halogens is 3. The Morgan fingerprint density at radius 3 is 1.18 bits per heavy atom. The molecule has 2 amide bonds. The molecule has 14 rings (SSSR count). The Balaban J connectivity index is 0.000000133. The van der Waals surface area contributed by atoms with Crippen LogP contribution in [-0.4, -0.2) is 124 Å². The molecule has 0 radical (unpaired) electrons. The Labute approximate surface area is 524 Å². The van der Waals surface area contributed by atoms with Crippen molar-refractivity contribution in [2.75, 3.05) is 57.2 Å². The van der Waals surface area contributed by atoms with Gasteiger partial charge in [-0.05, 0) is 116 Å². The number of hydrogen-bond acceptors (Lipinski definition) is 22. The highest BCUT2D eigenvalue weighted by molar-refractivity contribution is 7.90. The number of nitrogens with zero attached hydrogens (tertiary/aromatic N) is 12. The van der Waals surface area contributed by atoms with Crippen molar-refractivity contribution in [3.05, 3.63) is 105 Å². The Bertz CT molecular complexity index is 4510. The van der Waals surface area contributed by atoms with E-state index >= 15 is 0 Å². The summed E-state index contributed by atoms with van der Waals surface area (Å²) in [5, 5.41) is 5.50. The Kier molecular flexibility index (Phi) is 17.0. The number of benzene rings is 3. The number of nitrogen functional groups attached to an aromatic ring is 3. The van der Waals surface area contributed by atoms with Gasteiger partial charge in [-0.15, -0.1) is 0 Å². The number of amides is 2. The molecule has 0 spiro atoms. The van der Waals surface area contributed by atoms with E-state index in [4.69, 9.17) is 45.6 Å². The topological polar surface area (TPSA) is 369 Å². The number of fused-ring (bicyclic) bond motifs is 6. The second-order valence-corrected chi connectivity index (χ2v) is 25.9. The summed E-state index contributed by atoms with van der Waals surface area (Å²) < 4.78 is 106. The smallest absolute Gasteiger partial charge is 0.312 e. The summed E-state index contributed by atoms with van der Waals surface area (Å²) in [4.78, 5) is 60.3. The van der Waals surface area contributed by atoms with Crippen molar-refractivity contribution >= 4 is 72.8 Å². The maximum Gasteiger partial charge on any atom is 0.312 e. The molecule has 484 valence electrons. The minimum absolute atomic E-state index is 0.0121. The Morgan fingerprint density at radius 1 is 0.511 bits per heavy atom. The molecule has 32 heteroatoms. The number of nitrogens with one attached hydrogen (secondary N) is 3. The number of rotatable bonds is 18. The van der Waals surface area contributed by atoms with E-state index in [1.807, 2.05) is 77.9 Å². The van der Waals surface area contributed by atoms with Gasteiger partial charge in [0.25, 0.3) is 0 Å². The van der Waals surface area contributed by atoms with Gasteiger partial charge < -0.3 is 70.0 Å². The summed E-state index contributed by atoms with van der Waals surface area (Å²) in [5.74, 6) is 5.94. The molecule has 28 nitrogen and oxygen atoms in total. The monoisotopic (exact) mass is 1290 g/mol. The predicted molar refractivity (Wildman–Crippen MR) is 328 cm³/mol. The summed E-state index contributed by atoms with van der Waals surface area (Å²) in [6.07, 6.45) is 1.70. The molecule has 9 heterocycles. The number of aryl methyl sites for hydroxylation is 3. The number of carbonyl (C=O) groups excluding carboxylic acids is 2. The lowest BCUT2D eigenvalue weighted by atomic mass is 9.96. The van der Waals surface area contributed by atoms with E-state index in [1.54, 1.807) is 13.7 Å². The number of imidazole rings is 3. The molecule has 3 aromatic carbocycles. The van der Waals surface area contributed by atoms with Gasteiger partial charge in [-0.1, -0.05) is 20.8 Å². The van der Waals surface area contributed by atoms with Crippen LogP contribution in [0.5, 0.6) is 34.5 Å². The number of hydrogen-bond donors (Lipinski definition) is 6. The van der Waals surface area contributed by atoms with Crippen LogP contribution >= 0.6 is 0 Å². The molecule has 0 bridgehead atoms. The van der Waals surface area contributed by atoms with Gasteiger partial charge in [0, 0.05) is 69.9 Å². The van der Waals surface area contributed by atoms with Gasteiger partial charge in [-0.2, -0.15) is 43.1 Å². The van der Waals surface area contributed by atoms with Crippen LogP contribution in [0, 0.1) is 50.3 Å². The van der Waals surface area contributed by atoms with Gasteiger partial charge in [0.15, 0.2) is 85.4 Å². The molecule has 92 heavy (non-hydrogen) atoms. The first kappa shape index (κ1) is 62.3. The summed E-state index contributed by atoms with van der Waals surface area (Å²) in [6, 6.07) is 11.5. The van der Waals surface area contributed by atoms with E-state index in [9.17, 15) is 31.2 Å². The highest BCUT2D eigenvalue weighted by atomic mass is 32.2. The van der Waals surface area contributed by atoms with Gasteiger partial charge in [-0.25, -0.2) is 28.1 Å². The number of carbonyl (C=O) groups is 2. The Morgan fingerprint density at radius 2 is 0.848 bits per heavy atom. The molecule has 2 fully saturated rings. The lowest BCUT2D eigenvalue weighted by molar-refractivity contribution is -0.128. The van der Waals surface area contributed by atoms with Crippen LogP contribution in [0.3, 0.4) is 0 Å². The van der Waals surface area contributed by atoms with Crippen molar-refractivity contribution in [3.63, 3.8) is 0 Å². The van der Waals surface area contributed by atoms with Crippen LogP contribution < -0.4 is 61.0 Å². The second-order valence-electron chi connectivity index (χ2n) is 23.8. The van der Waals surface area contributed by atoms with Crippen molar-refractivity contribution in [2.24, 2.45) is 11.3 Å². The number of ether oxygens (including phenoxy) is 6. The maximum atomic E-state index is 13.9. The summed E-state index contributed by atoms with van der Waals surface area (Å²) in [5.41, 5.74) is 24.8. The summed E-state index contributed by atoms with van der Waals surface area (Å²) >= 11 is 0. The average molecular weight is 1290 g/mol. The van der Waals surface area contributed by atoms with E-state index in [2.05, 4.69) is 60.2 Å². The van der Waals surface area contributed by atoms with Crippen LogP contribution in [0.25, 0.3) is 33.5 Å². The molecule has 2 aliphatic carbocycles. The fraction of sp³-hybridized carbons (Fsp3) is 0.417. The van der Waals surface area contributed by atoms with Crippen molar-refractivity contribution in [3.8, 4) is 34.5 Å².